The first-order valence-electron chi connectivity index (χ1n) is 8.57. The standard InChI is InChI=1S/C20H24N2O2/c23-15-14-22(19-6-2-1-3-7-19)16-17-8-10-18(11-9-17)20(24)21-12-4-5-13-21/h1-3,6-11,23H,4-5,12-16H2. The molecule has 2 aromatic carbocycles. The van der Waals surface area contributed by atoms with Gasteiger partial charge in [-0.3, -0.25) is 4.79 Å². The monoisotopic (exact) mass is 324 g/mol. The lowest BCUT2D eigenvalue weighted by Gasteiger charge is -2.24. The molecule has 1 saturated heterocycles. The van der Waals surface area contributed by atoms with Gasteiger partial charge in [0.25, 0.3) is 5.91 Å². The van der Waals surface area contributed by atoms with E-state index < -0.39 is 0 Å². The van der Waals surface area contributed by atoms with E-state index >= 15 is 0 Å². The Bertz CT molecular complexity index is 649. The SMILES string of the molecule is O=C(c1ccc(CN(CCO)c2ccccc2)cc1)N1CCCC1. The van der Waals surface area contributed by atoms with Gasteiger partial charge in [-0.1, -0.05) is 30.3 Å². The number of hydrogen-bond donors (Lipinski definition) is 1. The van der Waals surface area contributed by atoms with E-state index in [-0.39, 0.29) is 12.5 Å². The van der Waals surface area contributed by atoms with Crippen molar-refractivity contribution in [1.29, 1.82) is 0 Å². The molecule has 0 radical (unpaired) electrons. The molecule has 24 heavy (non-hydrogen) atoms. The van der Waals surface area contributed by atoms with Crippen LogP contribution in [-0.4, -0.2) is 42.2 Å². The molecule has 3 rings (SSSR count). The van der Waals surface area contributed by atoms with Crippen LogP contribution in [0.2, 0.25) is 0 Å². The van der Waals surface area contributed by atoms with E-state index in [1.807, 2.05) is 59.5 Å². The third kappa shape index (κ3) is 3.95. The number of benzene rings is 2. The quantitative estimate of drug-likeness (QED) is 0.888. The summed E-state index contributed by atoms with van der Waals surface area (Å²) >= 11 is 0. The van der Waals surface area contributed by atoms with Gasteiger partial charge in [0.05, 0.1) is 6.61 Å². The number of anilines is 1. The third-order valence-corrected chi connectivity index (χ3v) is 4.46. The minimum absolute atomic E-state index is 0.112. The molecule has 0 bridgehead atoms. The first-order chi connectivity index (χ1) is 11.8. The lowest BCUT2D eigenvalue weighted by Crippen LogP contribution is -2.28. The largest absolute Gasteiger partial charge is 0.395 e. The van der Waals surface area contributed by atoms with Crippen LogP contribution in [0, 0.1) is 0 Å². The van der Waals surface area contributed by atoms with Gasteiger partial charge in [-0.15, -0.1) is 0 Å². The Kier molecular flexibility index (Phi) is 5.49. The van der Waals surface area contributed by atoms with Crippen molar-refractivity contribution in [3.63, 3.8) is 0 Å². The van der Waals surface area contributed by atoms with Crippen LogP contribution < -0.4 is 4.90 Å². The average Bonchev–Trinajstić information content (AvgIpc) is 3.17. The Morgan fingerprint density at radius 3 is 2.29 bits per heavy atom. The molecule has 0 unspecified atom stereocenters. The van der Waals surface area contributed by atoms with Crippen molar-refractivity contribution < 1.29 is 9.90 Å². The summed E-state index contributed by atoms with van der Waals surface area (Å²) in [6, 6.07) is 17.9. The summed E-state index contributed by atoms with van der Waals surface area (Å²) in [7, 11) is 0. The number of aliphatic hydroxyl groups is 1. The highest BCUT2D eigenvalue weighted by Crippen LogP contribution is 2.18. The summed E-state index contributed by atoms with van der Waals surface area (Å²) < 4.78 is 0. The Balaban J connectivity index is 1.69. The number of carbonyl (C=O) groups is 1. The number of amides is 1. The zero-order chi connectivity index (χ0) is 16.8. The smallest absolute Gasteiger partial charge is 0.253 e. The number of carbonyl (C=O) groups excluding carboxylic acids is 1. The van der Waals surface area contributed by atoms with Gasteiger partial charge in [0.15, 0.2) is 0 Å². The van der Waals surface area contributed by atoms with Crippen molar-refractivity contribution in [2.24, 2.45) is 0 Å². The van der Waals surface area contributed by atoms with Crippen LogP contribution in [0.25, 0.3) is 0 Å². The van der Waals surface area contributed by atoms with Crippen molar-refractivity contribution >= 4 is 11.6 Å². The summed E-state index contributed by atoms with van der Waals surface area (Å²) in [5, 5.41) is 9.32. The van der Waals surface area contributed by atoms with Gasteiger partial charge < -0.3 is 14.9 Å². The fraction of sp³-hybridized carbons (Fsp3) is 0.350. The molecule has 0 aliphatic carbocycles. The number of rotatable bonds is 6. The van der Waals surface area contributed by atoms with E-state index in [4.69, 9.17) is 0 Å². The molecule has 0 atom stereocenters. The normalized spacial score (nSPS) is 14.0. The van der Waals surface area contributed by atoms with Gasteiger partial charge in [0.2, 0.25) is 0 Å². The molecule has 1 aliphatic heterocycles. The maximum absolute atomic E-state index is 12.4. The van der Waals surface area contributed by atoms with Gasteiger partial charge in [-0.05, 0) is 42.7 Å². The number of nitrogens with zero attached hydrogens (tertiary/aromatic N) is 2. The van der Waals surface area contributed by atoms with Crippen molar-refractivity contribution in [3.8, 4) is 0 Å². The summed E-state index contributed by atoms with van der Waals surface area (Å²) in [6.45, 7) is 3.15. The number of likely N-dealkylation sites (tertiary alicyclic amines) is 1. The maximum atomic E-state index is 12.4. The molecule has 0 spiro atoms. The first-order valence-corrected chi connectivity index (χ1v) is 8.57. The predicted molar refractivity (Wildman–Crippen MR) is 96.2 cm³/mol. The molecular weight excluding hydrogens is 300 g/mol. The van der Waals surface area contributed by atoms with Crippen LogP contribution in [0.1, 0.15) is 28.8 Å². The highest BCUT2D eigenvalue weighted by molar-refractivity contribution is 5.94. The van der Waals surface area contributed by atoms with Crippen LogP contribution in [-0.2, 0) is 6.54 Å². The summed E-state index contributed by atoms with van der Waals surface area (Å²) in [5.74, 6) is 0.134. The zero-order valence-corrected chi connectivity index (χ0v) is 13.9. The Morgan fingerprint density at radius 1 is 1.00 bits per heavy atom. The summed E-state index contributed by atoms with van der Waals surface area (Å²) in [5.41, 5.74) is 2.98. The fourth-order valence-corrected chi connectivity index (χ4v) is 3.13. The van der Waals surface area contributed by atoms with E-state index in [1.165, 1.54) is 0 Å². The second-order valence-electron chi connectivity index (χ2n) is 6.18. The average molecular weight is 324 g/mol. The molecule has 1 heterocycles. The minimum atomic E-state index is 0.112. The van der Waals surface area contributed by atoms with Crippen LogP contribution in [0.3, 0.4) is 0 Å². The van der Waals surface area contributed by atoms with E-state index in [1.54, 1.807) is 0 Å². The van der Waals surface area contributed by atoms with E-state index in [0.717, 1.165) is 42.7 Å². The van der Waals surface area contributed by atoms with Crippen molar-refractivity contribution in [2.45, 2.75) is 19.4 Å². The topological polar surface area (TPSA) is 43.8 Å². The molecule has 126 valence electrons. The second-order valence-corrected chi connectivity index (χ2v) is 6.18. The van der Waals surface area contributed by atoms with Gasteiger partial charge >= 0.3 is 0 Å². The van der Waals surface area contributed by atoms with Crippen LogP contribution >= 0.6 is 0 Å². The number of aliphatic hydroxyl groups excluding tert-OH is 1. The first kappa shape index (κ1) is 16.5. The summed E-state index contributed by atoms with van der Waals surface area (Å²) in [4.78, 5) is 16.5. The molecule has 0 saturated carbocycles. The fourth-order valence-electron chi connectivity index (χ4n) is 3.13. The van der Waals surface area contributed by atoms with Crippen LogP contribution in [0.4, 0.5) is 5.69 Å². The molecule has 2 aromatic rings. The molecular formula is C20H24N2O2. The Hall–Kier alpha value is -2.33. The Labute approximate surface area is 143 Å². The molecule has 1 fully saturated rings. The number of hydrogen-bond acceptors (Lipinski definition) is 3. The van der Waals surface area contributed by atoms with E-state index in [0.29, 0.717) is 13.1 Å². The van der Waals surface area contributed by atoms with Crippen molar-refractivity contribution in [3.05, 3.63) is 65.7 Å². The second kappa shape index (κ2) is 7.97. The van der Waals surface area contributed by atoms with Crippen molar-refractivity contribution in [1.82, 2.24) is 4.90 Å². The molecule has 1 N–H and O–H groups in total. The highest BCUT2D eigenvalue weighted by Gasteiger charge is 2.19. The van der Waals surface area contributed by atoms with Crippen LogP contribution in [0.5, 0.6) is 0 Å². The Morgan fingerprint density at radius 2 is 1.67 bits per heavy atom. The van der Waals surface area contributed by atoms with Gasteiger partial charge in [0, 0.05) is 37.4 Å². The van der Waals surface area contributed by atoms with Crippen LogP contribution in [0.15, 0.2) is 54.6 Å². The predicted octanol–water partition coefficient (Wildman–Crippen LogP) is 2.92. The lowest BCUT2D eigenvalue weighted by molar-refractivity contribution is 0.0793. The highest BCUT2D eigenvalue weighted by atomic mass is 16.3. The van der Waals surface area contributed by atoms with Gasteiger partial charge in [-0.25, -0.2) is 0 Å². The number of para-hydroxylation sites is 1. The molecule has 0 aromatic heterocycles. The summed E-state index contributed by atoms with van der Waals surface area (Å²) in [6.07, 6.45) is 2.22. The maximum Gasteiger partial charge on any atom is 0.253 e. The minimum Gasteiger partial charge on any atom is -0.395 e. The zero-order valence-electron chi connectivity index (χ0n) is 13.9. The van der Waals surface area contributed by atoms with Gasteiger partial charge in [0.1, 0.15) is 0 Å². The van der Waals surface area contributed by atoms with Gasteiger partial charge in [-0.2, -0.15) is 0 Å². The molecule has 4 nitrogen and oxygen atoms in total. The molecule has 4 heteroatoms. The van der Waals surface area contributed by atoms with Crippen molar-refractivity contribution in [2.75, 3.05) is 31.1 Å². The van der Waals surface area contributed by atoms with E-state index in [2.05, 4.69) is 4.90 Å². The third-order valence-electron chi connectivity index (χ3n) is 4.46. The van der Waals surface area contributed by atoms with E-state index in [9.17, 15) is 9.90 Å². The molecule has 1 amide bonds. The lowest BCUT2D eigenvalue weighted by atomic mass is 10.1. The molecule has 1 aliphatic rings.